The van der Waals surface area contributed by atoms with Crippen LogP contribution in [-0.2, 0) is 0 Å². The van der Waals surface area contributed by atoms with Gasteiger partial charge >= 0.3 is 0 Å². The summed E-state index contributed by atoms with van der Waals surface area (Å²) in [5.74, 6) is 6.17. The third kappa shape index (κ3) is 5.57. The Morgan fingerprint density at radius 2 is 1.67 bits per heavy atom. The molecular formula is C22H23ClO. The molecule has 0 spiro atoms. The molecule has 124 valence electrons. The Balaban J connectivity index is 2.18. The molecule has 2 aromatic carbocycles. The van der Waals surface area contributed by atoms with Gasteiger partial charge in [0.25, 0.3) is 0 Å². The Hall–Kier alpha value is -2.01. The summed E-state index contributed by atoms with van der Waals surface area (Å²) >= 11 is 6.02. The molecule has 2 rings (SSSR count). The largest absolute Gasteiger partial charge is 0.376 e. The van der Waals surface area contributed by atoms with E-state index in [2.05, 4.69) is 48.3 Å². The van der Waals surface area contributed by atoms with E-state index in [9.17, 15) is 5.11 Å². The second-order valence-corrected chi connectivity index (χ2v) is 6.70. The van der Waals surface area contributed by atoms with Crippen molar-refractivity contribution in [3.8, 4) is 11.8 Å². The molecule has 0 aromatic heterocycles. The Kier molecular flexibility index (Phi) is 6.67. The number of aliphatic hydroxyl groups is 1. The van der Waals surface area contributed by atoms with Crippen molar-refractivity contribution >= 4 is 17.7 Å². The highest BCUT2D eigenvalue weighted by atomic mass is 35.5. The molecule has 1 nitrogen and oxygen atoms in total. The lowest BCUT2D eigenvalue weighted by molar-refractivity contribution is 0.121. The predicted octanol–water partition coefficient (Wildman–Crippen LogP) is 5.26. The third-order valence-electron chi connectivity index (χ3n) is 3.96. The molecule has 0 heterocycles. The average Bonchev–Trinajstić information content (AvgIpc) is 2.59. The number of hydrogen-bond acceptors (Lipinski definition) is 1. The predicted molar refractivity (Wildman–Crippen MR) is 103 cm³/mol. The summed E-state index contributed by atoms with van der Waals surface area (Å²) in [4.78, 5) is 0. The number of alkyl halides is 1. The van der Waals surface area contributed by atoms with Crippen LogP contribution in [-0.4, -0.2) is 16.1 Å². The zero-order valence-corrected chi connectivity index (χ0v) is 14.9. The first kappa shape index (κ1) is 18.3. The number of rotatable bonds is 5. The van der Waals surface area contributed by atoms with Gasteiger partial charge < -0.3 is 5.11 Å². The van der Waals surface area contributed by atoms with Gasteiger partial charge in [-0.05, 0) is 31.4 Å². The molecule has 1 N–H and O–H groups in total. The van der Waals surface area contributed by atoms with Crippen molar-refractivity contribution in [2.45, 2.75) is 37.2 Å². The molecule has 2 aromatic rings. The van der Waals surface area contributed by atoms with E-state index < -0.39 is 11.0 Å². The van der Waals surface area contributed by atoms with Gasteiger partial charge in [0.05, 0.1) is 5.38 Å². The molecule has 0 aliphatic heterocycles. The molecule has 24 heavy (non-hydrogen) atoms. The van der Waals surface area contributed by atoms with E-state index in [0.29, 0.717) is 0 Å². The fourth-order valence-electron chi connectivity index (χ4n) is 2.20. The maximum absolute atomic E-state index is 10.3. The van der Waals surface area contributed by atoms with Crippen molar-refractivity contribution in [3.05, 3.63) is 77.9 Å². The van der Waals surface area contributed by atoms with Crippen molar-refractivity contribution in [2.24, 2.45) is 0 Å². The summed E-state index contributed by atoms with van der Waals surface area (Å²) in [6.45, 7) is 3.41. The molecular weight excluding hydrogens is 316 g/mol. The summed E-state index contributed by atoms with van der Waals surface area (Å²) in [5.41, 5.74) is 1.11. The zero-order chi connectivity index (χ0) is 17.4. The van der Waals surface area contributed by atoms with E-state index in [1.165, 1.54) is 5.56 Å². The van der Waals surface area contributed by atoms with Crippen LogP contribution in [0.2, 0.25) is 0 Å². The first-order chi connectivity index (χ1) is 11.5. The third-order valence-corrected chi connectivity index (χ3v) is 4.38. The lowest BCUT2D eigenvalue weighted by atomic mass is 9.94. The minimum atomic E-state index is -1.20. The van der Waals surface area contributed by atoms with Crippen LogP contribution in [0.15, 0.2) is 66.7 Å². The first-order valence-electron chi connectivity index (χ1n) is 8.15. The standard InChI is InChI=1S/C22H23ClO/c1-18(23)22(2,24)17-16-21(20-13-7-4-8-14-20)15-9-12-19-10-5-3-6-11-19/h3-14,18,21,24H,15H2,1-2H3/b12-9+/t18-,21?,22-/m0/s1. The summed E-state index contributed by atoms with van der Waals surface area (Å²) < 4.78 is 0. The smallest absolute Gasteiger partial charge is 0.138 e. The fourth-order valence-corrected chi connectivity index (χ4v) is 2.26. The van der Waals surface area contributed by atoms with Crippen molar-refractivity contribution in [3.63, 3.8) is 0 Å². The molecule has 0 fully saturated rings. The van der Waals surface area contributed by atoms with E-state index in [-0.39, 0.29) is 5.92 Å². The first-order valence-corrected chi connectivity index (χ1v) is 8.58. The van der Waals surface area contributed by atoms with Gasteiger partial charge in [0.1, 0.15) is 5.60 Å². The second kappa shape index (κ2) is 8.73. The van der Waals surface area contributed by atoms with Gasteiger partial charge in [-0.3, -0.25) is 0 Å². The highest BCUT2D eigenvalue weighted by Gasteiger charge is 2.24. The van der Waals surface area contributed by atoms with E-state index in [1.54, 1.807) is 13.8 Å². The Bertz CT molecular complexity index is 706. The van der Waals surface area contributed by atoms with E-state index in [0.717, 1.165) is 12.0 Å². The molecule has 0 amide bonds. The molecule has 0 radical (unpaired) electrons. The van der Waals surface area contributed by atoms with Gasteiger partial charge in [0, 0.05) is 5.92 Å². The number of halogens is 1. The highest BCUT2D eigenvalue weighted by molar-refractivity contribution is 6.21. The highest BCUT2D eigenvalue weighted by Crippen LogP contribution is 2.21. The fraction of sp³-hybridized carbons (Fsp3) is 0.273. The minimum absolute atomic E-state index is 0.0213. The quantitative estimate of drug-likeness (QED) is 0.582. The molecule has 0 aliphatic carbocycles. The Morgan fingerprint density at radius 1 is 1.08 bits per heavy atom. The Labute approximate surface area is 150 Å². The summed E-state index contributed by atoms with van der Waals surface area (Å²) in [7, 11) is 0. The van der Waals surface area contributed by atoms with Gasteiger partial charge in [-0.2, -0.15) is 0 Å². The van der Waals surface area contributed by atoms with Crippen molar-refractivity contribution in [1.29, 1.82) is 0 Å². The molecule has 0 saturated carbocycles. The lowest BCUT2D eigenvalue weighted by Crippen LogP contribution is -2.31. The van der Waals surface area contributed by atoms with Gasteiger partial charge in [0.2, 0.25) is 0 Å². The summed E-state index contributed by atoms with van der Waals surface area (Å²) in [6, 6.07) is 20.3. The lowest BCUT2D eigenvalue weighted by Gasteiger charge is -2.19. The molecule has 2 heteroatoms. The Morgan fingerprint density at radius 3 is 2.25 bits per heavy atom. The number of benzene rings is 2. The van der Waals surface area contributed by atoms with Crippen molar-refractivity contribution in [2.75, 3.05) is 0 Å². The topological polar surface area (TPSA) is 20.2 Å². The van der Waals surface area contributed by atoms with Crippen LogP contribution in [0.3, 0.4) is 0 Å². The maximum atomic E-state index is 10.3. The van der Waals surface area contributed by atoms with Crippen molar-refractivity contribution < 1.29 is 5.11 Å². The number of allylic oxidation sites excluding steroid dienone is 1. The molecule has 0 bridgehead atoms. The van der Waals surface area contributed by atoms with Crippen molar-refractivity contribution in [1.82, 2.24) is 0 Å². The average molecular weight is 339 g/mol. The van der Waals surface area contributed by atoms with Crippen LogP contribution in [0.5, 0.6) is 0 Å². The summed E-state index contributed by atoms with van der Waals surface area (Å²) in [5, 5.41) is 9.84. The summed E-state index contributed by atoms with van der Waals surface area (Å²) in [6.07, 6.45) is 5.00. The SMILES string of the molecule is C[C@H](Cl)[C@@](C)(O)C#CC(C/C=C/c1ccccc1)c1ccccc1. The van der Waals surface area contributed by atoms with Gasteiger partial charge in [-0.15, -0.1) is 11.6 Å². The van der Waals surface area contributed by atoms with Gasteiger partial charge in [0.15, 0.2) is 0 Å². The van der Waals surface area contributed by atoms with Gasteiger partial charge in [-0.25, -0.2) is 0 Å². The molecule has 0 saturated heterocycles. The monoisotopic (exact) mass is 338 g/mol. The van der Waals surface area contributed by atoms with E-state index in [4.69, 9.17) is 11.6 Å². The zero-order valence-electron chi connectivity index (χ0n) is 14.1. The van der Waals surface area contributed by atoms with Crippen LogP contribution < -0.4 is 0 Å². The van der Waals surface area contributed by atoms with Crippen LogP contribution in [0.25, 0.3) is 6.08 Å². The van der Waals surface area contributed by atoms with Crippen LogP contribution >= 0.6 is 11.6 Å². The van der Waals surface area contributed by atoms with Crippen LogP contribution in [0, 0.1) is 11.8 Å². The second-order valence-electron chi connectivity index (χ2n) is 6.04. The van der Waals surface area contributed by atoms with Gasteiger partial charge in [-0.1, -0.05) is 84.7 Å². The number of hydrogen-bond donors (Lipinski definition) is 1. The minimum Gasteiger partial charge on any atom is -0.376 e. The maximum Gasteiger partial charge on any atom is 0.138 e. The van der Waals surface area contributed by atoms with E-state index in [1.807, 2.05) is 36.4 Å². The normalized spacial score (nSPS) is 16.0. The molecule has 0 aliphatic rings. The van der Waals surface area contributed by atoms with Crippen LogP contribution in [0.1, 0.15) is 37.3 Å². The molecule has 3 atom stereocenters. The van der Waals surface area contributed by atoms with Crippen LogP contribution in [0.4, 0.5) is 0 Å². The molecule has 1 unspecified atom stereocenters. The van der Waals surface area contributed by atoms with E-state index >= 15 is 0 Å².